The summed E-state index contributed by atoms with van der Waals surface area (Å²) in [6.07, 6.45) is -0.654. The Labute approximate surface area is 133 Å². The third-order valence-electron chi connectivity index (χ3n) is 3.45. The molecule has 1 aromatic rings. The van der Waals surface area contributed by atoms with E-state index in [1.807, 2.05) is 0 Å². The summed E-state index contributed by atoms with van der Waals surface area (Å²) in [4.78, 5) is 9.41. The molecule has 1 aromatic heterocycles. The largest absolute Gasteiger partial charge is 0.459 e. The highest BCUT2D eigenvalue weighted by Crippen LogP contribution is 2.28. The topological polar surface area (TPSA) is 47.5 Å². The van der Waals surface area contributed by atoms with Gasteiger partial charge in [-0.05, 0) is 18.9 Å². The van der Waals surface area contributed by atoms with Gasteiger partial charge in [-0.15, -0.1) is 6.58 Å². The summed E-state index contributed by atoms with van der Waals surface area (Å²) in [7, 11) is 0. The van der Waals surface area contributed by atoms with E-state index in [-0.39, 0.29) is 12.1 Å². The molecule has 5 nitrogen and oxygen atoms in total. The lowest BCUT2D eigenvalue weighted by Gasteiger charge is -2.30. The maximum Gasteiger partial charge on any atom is 0.433 e. The molecule has 8 heteroatoms. The summed E-state index contributed by atoms with van der Waals surface area (Å²) < 4.78 is 49.0. The molecular weight excluding hydrogens is 311 g/mol. The van der Waals surface area contributed by atoms with Gasteiger partial charge in [-0.3, -0.25) is 4.90 Å². The van der Waals surface area contributed by atoms with E-state index in [9.17, 15) is 13.2 Å². The average Bonchev–Trinajstić information content (AvgIpc) is 2.53. The number of aromatic nitrogens is 2. The van der Waals surface area contributed by atoms with Crippen molar-refractivity contribution >= 4 is 0 Å². The molecule has 1 fully saturated rings. The number of rotatable bonds is 7. The molecular formula is C15H20F3N3O2. The molecule has 0 spiro atoms. The number of hydrogen-bond donors (Lipinski definition) is 0. The summed E-state index contributed by atoms with van der Waals surface area (Å²) in [6.45, 7) is 7.10. The highest BCUT2D eigenvalue weighted by Gasteiger charge is 2.33. The van der Waals surface area contributed by atoms with E-state index in [1.54, 1.807) is 6.08 Å². The van der Waals surface area contributed by atoms with Crippen molar-refractivity contribution in [2.24, 2.45) is 0 Å². The molecule has 1 aliphatic rings. The monoisotopic (exact) mass is 331 g/mol. The van der Waals surface area contributed by atoms with Gasteiger partial charge in [0.1, 0.15) is 6.10 Å². The van der Waals surface area contributed by atoms with Crippen molar-refractivity contribution in [3.05, 3.63) is 30.6 Å². The highest BCUT2D eigenvalue weighted by molar-refractivity contribution is 5.09. The maximum absolute atomic E-state index is 12.7. The van der Waals surface area contributed by atoms with Crippen molar-refractivity contribution in [3.8, 4) is 6.01 Å². The first-order valence-corrected chi connectivity index (χ1v) is 7.47. The Morgan fingerprint density at radius 1 is 1.39 bits per heavy atom. The minimum atomic E-state index is -4.51. The molecule has 0 N–H and O–H groups in total. The summed E-state index contributed by atoms with van der Waals surface area (Å²) >= 11 is 0. The second kappa shape index (κ2) is 8.26. The van der Waals surface area contributed by atoms with E-state index in [2.05, 4.69) is 21.4 Å². The highest BCUT2D eigenvalue weighted by atomic mass is 19.4. The second-order valence-electron chi connectivity index (χ2n) is 5.24. The minimum absolute atomic E-state index is 0.248. The lowest BCUT2D eigenvalue weighted by molar-refractivity contribution is -0.141. The van der Waals surface area contributed by atoms with Crippen molar-refractivity contribution in [1.29, 1.82) is 0 Å². The fraction of sp³-hybridized carbons (Fsp3) is 0.600. The van der Waals surface area contributed by atoms with E-state index in [0.717, 1.165) is 25.4 Å². The van der Waals surface area contributed by atoms with Crippen LogP contribution >= 0.6 is 0 Å². The van der Waals surface area contributed by atoms with Crippen LogP contribution in [-0.4, -0.2) is 53.8 Å². The molecule has 23 heavy (non-hydrogen) atoms. The van der Waals surface area contributed by atoms with Crippen LogP contribution in [0.2, 0.25) is 0 Å². The number of allylic oxidation sites excluding steroid dienone is 1. The Morgan fingerprint density at radius 3 is 2.78 bits per heavy atom. The fourth-order valence-electron chi connectivity index (χ4n) is 2.27. The predicted molar refractivity (Wildman–Crippen MR) is 78.1 cm³/mol. The number of alkyl halides is 3. The van der Waals surface area contributed by atoms with Gasteiger partial charge in [-0.1, -0.05) is 6.08 Å². The molecule has 128 valence electrons. The van der Waals surface area contributed by atoms with Crippen molar-refractivity contribution in [3.63, 3.8) is 0 Å². The third-order valence-corrected chi connectivity index (χ3v) is 3.45. The summed E-state index contributed by atoms with van der Waals surface area (Å²) in [5.74, 6) is 0. The number of nitrogens with zero attached hydrogens (tertiary/aromatic N) is 3. The van der Waals surface area contributed by atoms with E-state index < -0.39 is 11.9 Å². The van der Waals surface area contributed by atoms with Gasteiger partial charge >= 0.3 is 12.2 Å². The van der Waals surface area contributed by atoms with Crippen LogP contribution in [0.4, 0.5) is 13.2 Å². The molecule has 1 saturated heterocycles. The van der Waals surface area contributed by atoms with E-state index in [1.165, 1.54) is 0 Å². The zero-order chi connectivity index (χ0) is 16.7. The number of hydrogen-bond acceptors (Lipinski definition) is 5. The Morgan fingerprint density at radius 2 is 2.13 bits per heavy atom. The number of morpholine rings is 1. The fourth-order valence-corrected chi connectivity index (χ4v) is 2.27. The smallest absolute Gasteiger partial charge is 0.433 e. The first-order valence-electron chi connectivity index (χ1n) is 7.47. The molecule has 0 radical (unpaired) electrons. The van der Waals surface area contributed by atoms with Gasteiger partial charge < -0.3 is 9.47 Å². The zero-order valence-electron chi connectivity index (χ0n) is 12.8. The lowest BCUT2D eigenvalue weighted by atomic mass is 10.2. The molecule has 0 saturated carbocycles. The first-order chi connectivity index (χ1) is 11.0. The predicted octanol–water partition coefficient (Wildman–Crippen LogP) is 2.54. The average molecular weight is 331 g/mol. The molecule has 0 aliphatic carbocycles. The van der Waals surface area contributed by atoms with Crippen LogP contribution in [0.25, 0.3) is 0 Å². The SMILES string of the molecule is C=CCC[C@H](CN1CCOCC1)Oc1nccc(C(F)(F)F)n1. The molecule has 2 heterocycles. The van der Waals surface area contributed by atoms with Crippen LogP contribution in [0, 0.1) is 0 Å². The molecule has 0 aromatic carbocycles. The van der Waals surface area contributed by atoms with E-state index >= 15 is 0 Å². The van der Waals surface area contributed by atoms with Gasteiger partial charge in [-0.25, -0.2) is 4.98 Å². The molecule has 0 amide bonds. The third kappa shape index (κ3) is 5.80. The van der Waals surface area contributed by atoms with Gasteiger partial charge in [0.05, 0.1) is 13.2 Å². The minimum Gasteiger partial charge on any atom is -0.459 e. The summed E-state index contributed by atoms with van der Waals surface area (Å²) in [5.41, 5.74) is -1.00. The molecule has 2 rings (SSSR count). The molecule has 1 aliphatic heterocycles. The standard InChI is InChI=1S/C15H20F3N3O2/c1-2-3-4-12(11-21-7-9-22-10-8-21)23-14-19-6-5-13(20-14)15(16,17)18/h2,5-6,12H,1,3-4,7-11H2/t12-/m1/s1. The molecule has 0 unspecified atom stereocenters. The number of halogens is 3. The number of ether oxygens (including phenoxy) is 2. The van der Waals surface area contributed by atoms with Crippen LogP contribution in [-0.2, 0) is 10.9 Å². The van der Waals surface area contributed by atoms with Crippen LogP contribution in [0.1, 0.15) is 18.5 Å². The maximum atomic E-state index is 12.7. The van der Waals surface area contributed by atoms with E-state index in [0.29, 0.717) is 32.6 Å². The first kappa shape index (κ1) is 17.7. The van der Waals surface area contributed by atoms with Gasteiger partial charge in [0.25, 0.3) is 0 Å². The Bertz CT molecular complexity index is 505. The molecule has 0 bridgehead atoms. The van der Waals surface area contributed by atoms with Crippen molar-refractivity contribution < 1.29 is 22.6 Å². The summed E-state index contributed by atoms with van der Waals surface area (Å²) in [5, 5.41) is 0. The quantitative estimate of drug-likeness (QED) is 0.719. The van der Waals surface area contributed by atoms with Crippen molar-refractivity contribution in [2.75, 3.05) is 32.8 Å². The zero-order valence-corrected chi connectivity index (χ0v) is 12.8. The van der Waals surface area contributed by atoms with Crippen molar-refractivity contribution in [1.82, 2.24) is 14.9 Å². The van der Waals surface area contributed by atoms with Crippen LogP contribution < -0.4 is 4.74 Å². The normalized spacial score (nSPS) is 17.7. The van der Waals surface area contributed by atoms with E-state index in [4.69, 9.17) is 9.47 Å². The van der Waals surface area contributed by atoms with Gasteiger partial charge in [0.15, 0.2) is 5.69 Å². The van der Waals surface area contributed by atoms with Crippen molar-refractivity contribution in [2.45, 2.75) is 25.1 Å². The van der Waals surface area contributed by atoms with Crippen LogP contribution in [0.15, 0.2) is 24.9 Å². The van der Waals surface area contributed by atoms with Gasteiger partial charge in [0, 0.05) is 25.8 Å². The summed E-state index contributed by atoms with van der Waals surface area (Å²) in [6, 6.07) is 0.579. The van der Waals surface area contributed by atoms with Gasteiger partial charge in [-0.2, -0.15) is 18.2 Å². The molecule has 1 atom stereocenters. The lowest BCUT2D eigenvalue weighted by Crippen LogP contribution is -2.42. The van der Waals surface area contributed by atoms with Crippen LogP contribution in [0.3, 0.4) is 0 Å². The Kier molecular flexibility index (Phi) is 6.35. The second-order valence-corrected chi connectivity index (χ2v) is 5.24. The Hall–Kier alpha value is -1.67. The van der Waals surface area contributed by atoms with Gasteiger partial charge in [0.2, 0.25) is 0 Å². The Balaban J connectivity index is 2.02. The van der Waals surface area contributed by atoms with Crippen LogP contribution in [0.5, 0.6) is 6.01 Å².